The molecule has 0 unspecified atom stereocenters. The number of phosphoric acid groups is 1. The van der Waals surface area contributed by atoms with E-state index in [1.54, 1.807) is 19.1 Å². The van der Waals surface area contributed by atoms with Crippen LogP contribution in [0, 0.1) is 5.82 Å². The molecule has 0 saturated heterocycles. The summed E-state index contributed by atoms with van der Waals surface area (Å²) in [6, 6.07) is 7.04. The molecule has 0 N–H and O–H groups in total. The summed E-state index contributed by atoms with van der Waals surface area (Å²) in [5.41, 5.74) is -0.426. The number of pyridine rings is 1. The summed E-state index contributed by atoms with van der Waals surface area (Å²) < 4.78 is 47.3. The normalized spacial score (nSPS) is 10.8. The fourth-order valence-electron chi connectivity index (χ4n) is 3.18. The molecule has 0 saturated carbocycles. The zero-order chi connectivity index (χ0) is 22.8. The van der Waals surface area contributed by atoms with Gasteiger partial charge in [0.05, 0.1) is 39.6 Å². The molecule has 0 radical (unpaired) electrons. The maximum atomic E-state index is 14.8. The third-order valence-electron chi connectivity index (χ3n) is 4.49. The molecule has 3 aromatic rings. The second-order valence-electron chi connectivity index (χ2n) is 6.32. The van der Waals surface area contributed by atoms with Gasteiger partial charge >= 0.3 is 59.1 Å². The molecular weight excluding hydrogens is 478 g/mol. The number of fused-ring (bicyclic) bond motifs is 1. The Labute approximate surface area is 233 Å². The number of phosphoric ester groups is 1. The molecule has 1 heterocycles. The number of nitrogens with zero attached hydrogens (tertiary/aromatic N) is 1. The van der Waals surface area contributed by atoms with Crippen molar-refractivity contribution >= 4 is 18.7 Å². The van der Waals surface area contributed by atoms with E-state index in [1.807, 2.05) is 0 Å². The molecule has 3 rings (SSSR count). The second-order valence-corrected chi connectivity index (χ2v) is 7.47. The molecule has 2 aromatic carbocycles. The van der Waals surface area contributed by atoms with Crippen LogP contribution in [-0.4, -0.2) is 25.4 Å². The third kappa shape index (κ3) is 6.82. The Morgan fingerprint density at radius 2 is 1.73 bits per heavy atom. The molecule has 0 atom stereocenters. The molecule has 13 heteroatoms. The van der Waals surface area contributed by atoms with Crippen LogP contribution in [0.25, 0.3) is 22.0 Å². The summed E-state index contributed by atoms with van der Waals surface area (Å²) in [6.45, 7) is 1.11. The van der Waals surface area contributed by atoms with Crippen molar-refractivity contribution in [3.8, 4) is 28.4 Å². The Kier molecular flexibility index (Phi) is 11.6. The molecule has 0 aliphatic carbocycles. The van der Waals surface area contributed by atoms with Gasteiger partial charge in [0.25, 0.3) is 0 Å². The van der Waals surface area contributed by atoms with Gasteiger partial charge in [0.2, 0.25) is 0 Å². The Hall–Kier alpha value is -0.910. The molecule has 1 aromatic heterocycles. The van der Waals surface area contributed by atoms with E-state index in [0.717, 1.165) is 10.6 Å². The first-order chi connectivity index (χ1) is 14.7. The van der Waals surface area contributed by atoms with Crippen molar-refractivity contribution in [2.45, 2.75) is 13.7 Å². The van der Waals surface area contributed by atoms with E-state index in [2.05, 4.69) is 4.52 Å². The first kappa shape index (κ1) is 30.1. The van der Waals surface area contributed by atoms with E-state index in [1.165, 1.54) is 32.5 Å². The number of rotatable bonds is 8. The van der Waals surface area contributed by atoms with Gasteiger partial charge in [-0.2, -0.15) is 0 Å². The van der Waals surface area contributed by atoms with Gasteiger partial charge in [0.1, 0.15) is 29.8 Å². The summed E-state index contributed by atoms with van der Waals surface area (Å²) in [6.07, 6.45) is 1.26. The maximum absolute atomic E-state index is 14.8. The van der Waals surface area contributed by atoms with Crippen molar-refractivity contribution < 1.29 is 96.6 Å². The van der Waals surface area contributed by atoms with Crippen LogP contribution in [0.1, 0.15) is 6.92 Å². The molecule has 9 nitrogen and oxygen atoms in total. The van der Waals surface area contributed by atoms with Gasteiger partial charge in [0.15, 0.2) is 5.43 Å². The summed E-state index contributed by atoms with van der Waals surface area (Å²) in [5.74, 6) is 0.00917. The first-order valence-electron chi connectivity index (χ1n) is 9.07. The number of aromatic nitrogens is 1. The summed E-state index contributed by atoms with van der Waals surface area (Å²) in [4.78, 5) is 35.4. The van der Waals surface area contributed by atoms with E-state index in [-0.39, 0.29) is 93.7 Å². The van der Waals surface area contributed by atoms with Gasteiger partial charge in [-0.25, -0.2) is 4.39 Å². The van der Waals surface area contributed by atoms with E-state index >= 15 is 0 Å². The Morgan fingerprint density at radius 1 is 1.03 bits per heavy atom. The number of hydrogen-bond acceptors (Lipinski definition) is 8. The molecule has 0 amide bonds. The minimum absolute atomic E-state index is 0. The number of methoxy groups -OCH3 is 2. The van der Waals surface area contributed by atoms with Crippen LogP contribution in [-0.2, 0) is 15.8 Å². The van der Waals surface area contributed by atoms with Gasteiger partial charge in [-0.05, 0) is 31.2 Å². The average molecular weight is 497 g/mol. The molecule has 0 aliphatic rings. The molecule has 0 spiro atoms. The topological polar surface area (TPSA) is 122 Å². The van der Waals surface area contributed by atoms with Crippen LogP contribution < -0.4 is 88.5 Å². The van der Waals surface area contributed by atoms with Crippen LogP contribution in [0.2, 0.25) is 0 Å². The van der Waals surface area contributed by atoms with Crippen LogP contribution in [0.5, 0.6) is 17.2 Å². The number of halogens is 1. The van der Waals surface area contributed by atoms with Crippen molar-refractivity contribution in [1.82, 2.24) is 4.57 Å². The van der Waals surface area contributed by atoms with Gasteiger partial charge in [-0.15, -0.1) is 0 Å². The zero-order valence-electron chi connectivity index (χ0n) is 18.9. The smallest absolute Gasteiger partial charge is 0.790 e. The van der Waals surface area contributed by atoms with Crippen molar-refractivity contribution in [3.05, 3.63) is 52.6 Å². The molecule has 33 heavy (non-hydrogen) atoms. The summed E-state index contributed by atoms with van der Waals surface area (Å²) >= 11 is 0. The first-order valence-corrected chi connectivity index (χ1v) is 10.5. The molecule has 0 aliphatic heterocycles. The minimum Gasteiger partial charge on any atom is -0.790 e. The molecular formula is C20H19FNNa2O8P. The Bertz CT molecular complexity index is 1230. The predicted octanol–water partition coefficient (Wildman–Crippen LogP) is -3.97. The quantitative estimate of drug-likeness (QED) is 0.228. The van der Waals surface area contributed by atoms with Crippen molar-refractivity contribution in [1.29, 1.82) is 0 Å². The third-order valence-corrected chi connectivity index (χ3v) is 4.92. The van der Waals surface area contributed by atoms with Crippen LogP contribution in [0.15, 0.2) is 41.3 Å². The van der Waals surface area contributed by atoms with Crippen molar-refractivity contribution in [2.75, 3.05) is 20.8 Å². The van der Waals surface area contributed by atoms with Gasteiger partial charge in [0, 0.05) is 23.4 Å². The van der Waals surface area contributed by atoms with E-state index in [0.29, 0.717) is 11.3 Å². The van der Waals surface area contributed by atoms with E-state index in [9.17, 15) is 23.5 Å². The van der Waals surface area contributed by atoms with E-state index in [4.69, 9.17) is 14.2 Å². The van der Waals surface area contributed by atoms with Crippen LogP contribution in [0.4, 0.5) is 4.39 Å². The van der Waals surface area contributed by atoms with Crippen molar-refractivity contribution in [3.63, 3.8) is 0 Å². The zero-order valence-corrected chi connectivity index (χ0v) is 23.8. The SMILES string of the molecule is CCOc1ccc(F)c2c(=O)c(-c3ccc(OC)cc3OC)cn(COP(=O)([O-])[O-])c12.[Na+].[Na+]. The monoisotopic (exact) mass is 497 g/mol. The largest absolute Gasteiger partial charge is 1.00 e. The van der Waals surface area contributed by atoms with Crippen molar-refractivity contribution in [2.24, 2.45) is 0 Å². The number of hydrogen-bond donors (Lipinski definition) is 0. The second kappa shape index (κ2) is 12.7. The fourth-order valence-corrected chi connectivity index (χ4v) is 3.45. The van der Waals surface area contributed by atoms with Crippen LogP contribution in [0.3, 0.4) is 0 Å². The summed E-state index contributed by atoms with van der Waals surface area (Å²) in [5, 5.41) is -0.350. The minimum atomic E-state index is -5.35. The molecule has 0 fully saturated rings. The summed E-state index contributed by atoms with van der Waals surface area (Å²) in [7, 11) is -2.50. The maximum Gasteiger partial charge on any atom is 1.00 e. The molecule has 166 valence electrons. The standard InChI is InChI=1S/C20H21FNO8P.2Na/c1-4-29-16-8-7-15(21)18-19(16)22(11-30-31(24,25)26)10-14(20(18)23)13-6-5-12(27-2)9-17(13)28-3;;/h5-10H,4,11H2,1-3H3,(H2,24,25,26);;/q;2*+1/p-2. The van der Waals surface area contributed by atoms with E-state index < -0.39 is 25.8 Å². The van der Waals surface area contributed by atoms with Crippen LogP contribution >= 0.6 is 7.82 Å². The Morgan fingerprint density at radius 3 is 2.30 bits per heavy atom. The number of benzene rings is 2. The van der Waals surface area contributed by atoms with Gasteiger partial charge < -0.3 is 37.7 Å². The van der Waals surface area contributed by atoms with Gasteiger partial charge in [-0.3, -0.25) is 4.79 Å². The van der Waals surface area contributed by atoms with Gasteiger partial charge in [-0.1, -0.05) is 0 Å². The predicted molar refractivity (Wildman–Crippen MR) is 107 cm³/mol. The average Bonchev–Trinajstić information content (AvgIpc) is 2.74. The molecule has 0 bridgehead atoms. The Balaban J connectivity index is 0.00000272. The number of ether oxygens (including phenoxy) is 3. The fraction of sp³-hybridized carbons (Fsp3) is 0.250.